The third kappa shape index (κ3) is 3.39. The number of nitrogens with one attached hydrogen (secondary N) is 1. The standard InChI is InChI=1S/C15H19N3O2S/c1-9(2)15-17-13(8-21-15)11(4)16-12-7-5-6-10(3)14(12)18(19)20/h5-9,11,16H,1-4H3. The van der Waals surface area contributed by atoms with Gasteiger partial charge in [0, 0.05) is 16.9 Å². The summed E-state index contributed by atoms with van der Waals surface area (Å²) in [6.45, 7) is 7.91. The topological polar surface area (TPSA) is 68.1 Å². The van der Waals surface area contributed by atoms with Gasteiger partial charge in [0.1, 0.15) is 5.69 Å². The Hall–Kier alpha value is -1.95. The fraction of sp³-hybridized carbons (Fsp3) is 0.400. The number of nitro benzene ring substituents is 1. The van der Waals surface area contributed by atoms with E-state index >= 15 is 0 Å². The summed E-state index contributed by atoms with van der Waals surface area (Å²) in [7, 11) is 0. The molecule has 112 valence electrons. The van der Waals surface area contributed by atoms with Crippen LogP contribution >= 0.6 is 11.3 Å². The van der Waals surface area contributed by atoms with E-state index in [9.17, 15) is 10.1 Å². The van der Waals surface area contributed by atoms with E-state index in [0.717, 1.165) is 10.7 Å². The zero-order valence-electron chi connectivity index (χ0n) is 12.6. The van der Waals surface area contributed by atoms with Crippen LogP contribution < -0.4 is 5.32 Å². The summed E-state index contributed by atoms with van der Waals surface area (Å²) >= 11 is 1.63. The Morgan fingerprint density at radius 3 is 2.62 bits per heavy atom. The van der Waals surface area contributed by atoms with Crippen LogP contribution in [-0.2, 0) is 0 Å². The molecule has 2 aromatic rings. The molecule has 0 spiro atoms. The van der Waals surface area contributed by atoms with Crippen LogP contribution in [0.5, 0.6) is 0 Å². The molecular weight excluding hydrogens is 286 g/mol. The zero-order valence-corrected chi connectivity index (χ0v) is 13.4. The lowest BCUT2D eigenvalue weighted by Crippen LogP contribution is -2.09. The minimum absolute atomic E-state index is 0.0748. The second kappa shape index (κ2) is 6.22. The van der Waals surface area contributed by atoms with E-state index in [1.165, 1.54) is 0 Å². The highest BCUT2D eigenvalue weighted by Gasteiger charge is 2.19. The molecule has 0 fully saturated rings. The Bertz CT molecular complexity index is 652. The predicted octanol–water partition coefficient (Wildman–Crippen LogP) is 4.66. The maximum absolute atomic E-state index is 11.2. The number of anilines is 1. The Labute approximate surface area is 128 Å². The van der Waals surface area contributed by atoms with Gasteiger partial charge in [-0.15, -0.1) is 11.3 Å². The van der Waals surface area contributed by atoms with Crippen molar-refractivity contribution in [2.24, 2.45) is 0 Å². The number of nitrogens with zero attached hydrogens (tertiary/aromatic N) is 2. The lowest BCUT2D eigenvalue weighted by molar-refractivity contribution is -0.384. The summed E-state index contributed by atoms with van der Waals surface area (Å²) in [6, 6.07) is 5.22. The molecule has 1 atom stereocenters. The number of nitro groups is 1. The molecule has 0 radical (unpaired) electrons. The molecule has 0 aliphatic heterocycles. The smallest absolute Gasteiger partial charge is 0.295 e. The van der Waals surface area contributed by atoms with E-state index < -0.39 is 0 Å². The van der Waals surface area contributed by atoms with Gasteiger partial charge in [-0.3, -0.25) is 10.1 Å². The Morgan fingerprint density at radius 1 is 1.33 bits per heavy atom. The van der Waals surface area contributed by atoms with E-state index in [1.807, 2.05) is 18.4 Å². The van der Waals surface area contributed by atoms with Crippen LogP contribution in [0, 0.1) is 17.0 Å². The maximum Gasteiger partial charge on any atom is 0.295 e. The minimum Gasteiger partial charge on any atom is -0.371 e. The summed E-state index contributed by atoms with van der Waals surface area (Å²) in [4.78, 5) is 15.5. The average molecular weight is 305 g/mol. The molecular formula is C15H19N3O2S. The van der Waals surface area contributed by atoms with Gasteiger partial charge in [-0.2, -0.15) is 0 Å². The second-order valence-electron chi connectivity index (χ2n) is 5.36. The SMILES string of the molecule is Cc1cccc(NC(C)c2csc(C(C)C)n2)c1[N+](=O)[O-]. The number of rotatable bonds is 5. The predicted molar refractivity (Wildman–Crippen MR) is 86.1 cm³/mol. The van der Waals surface area contributed by atoms with Gasteiger partial charge in [-0.05, 0) is 19.9 Å². The first-order valence-corrected chi connectivity index (χ1v) is 7.74. The first-order chi connectivity index (χ1) is 9.90. The van der Waals surface area contributed by atoms with Gasteiger partial charge in [-0.1, -0.05) is 26.0 Å². The molecule has 0 bridgehead atoms. The van der Waals surface area contributed by atoms with Crippen LogP contribution in [0.2, 0.25) is 0 Å². The van der Waals surface area contributed by atoms with Crippen LogP contribution in [-0.4, -0.2) is 9.91 Å². The molecule has 0 amide bonds. The first-order valence-electron chi connectivity index (χ1n) is 6.86. The molecule has 2 rings (SSSR count). The lowest BCUT2D eigenvalue weighted by atomic mass is 10.1. The lowest BCUT2D eigenvalue weighted by Gasteiger charge is -2.14. The molecule has 21 heavy (non-hydrogen) atoms. The van der Waals surface area contributed by atoms with Crippen molar-refractivity contribution >= 4 is 22.7 Å². The van der Waals surface area contributed by atoms with Crippen LogP contribution in [0.3, 0.4) is 0 Å². The summed E-state index contributed by atoms with van der Waals surface area (Å²) in [5.41, 5.74) is 2.23. The van der Waals surface area contributed by atoms with Crippen molar-refractivity contribution in [1.82, 2.24) is 4.98 Å². The molecule has 1 heterocycles. The van der Waals surface area contributed by atoms with Crippen molar-refractivity contribution < 1.29 is 4.92 Å². The number of benzene rings is 1. The van der Waals surface area contributed by atoms with Gasteiger partial charge in [0.05, 0.1) is 21.7 Å². The van der Waals surface area contributed by atoms with Crippen LogP contribution in [0.15, 0.2) is 23.6 Å². The van der Waals surface area contributed by atoms with Crippen molar-refractivity contribution in [3.63, 3.8) is 0 Å². The van der Waals surface area contributed by atoms with Crippen molar-refractivity contribution in [1.29, 1.82) is 0 Å². The summed E-state index contributed by atoms with van der Waals surface area (Å²) in [6.07, 6.45) is 0. The Kier molecular flexibility index (Phi) is 4.57. The molecule has 0 aliphatic rings. The summed E-state index contributed by atoms with van der Waals surface area (Å²) < 4.78 is 0. The van der Waals surface area contributed by atoms with Crippen LogP contribution in [0.1, 0.15) is 49.0 Å². The quantitative estimate of drug-likeness (QED) is 0.644. The van der Waals surface area contributed by atoms with Crippen molar-refractivity contribution in [3.05, 3.63) is 50.0 Å². The van der Waals surface area contributed by atoms with E-state index in [2.05, 4.69) is 24.1 Å². The fourth-order valence-electron chi connectivity index (χ4n) is 2.09. The van der Waals surface area contributed by atoms with Gasteiger partial charge in [0.25, 0.3) is 5.69 Å². The van der Waals surface area contributed by atoms with Crippen molar-refractivity contribution in [2.75, 3.05) is 5.32 Å². The third-order valence-corrected chi connectivity index (χ3v) is 4.43. The molecule has 0 saturated heterocycles. The monoisotopic (exact) mass is 305 g/mol. The first kappa shape index (κ1) is 15.4. The Morgan fingerprint density at radius 2 is 2.05 bits per heavy atom. The Balaban J connectivity index is 2.25. The molecule has 6 heteroatoms. The van der Waals surface area contributed by atoms with Gasteiger partial charge in [0.15, 0.2) is 0 Å². The fourth-order valence-corrected chi connectivity index (χ4v) is 3.02. The molecule has 1 aromatic carbocycles. The zero-order chi connectivity index (χ0) is 15.6. The number of aromatic nitrogens is 1. The molecule has 1 N–H and O–H groups in total. The number of para-hydroxylation sites is 1. The van der Waals surface area contributed by atoms with E-state index in [4.69, 9.17) is 0 Å². The molecule has 1 unspecified atom stereocenters. The van der Waals surface area contributed by atoms with Crippen molar-refractivity contribution in [2.45, 2.75) is 39.7 Å². The van der Waals surface area contributed by atoms with Crippen molar-refractivity contribution in [3.8, 4) is 0 Å². The highest BCUT2D eigenvalue weighted by atomic mass is 32.1. The van der Waals surface area contributed by atoms with Gasteiger partial charge < -0.3 is 5.32 Å². The number of hydrogen-bond donors (Lipinski definition) is 1. The molecule has 1 aromatic heterocycles. The molecule has 0 saturated carbocycles. The van der Waals surface area contributed by atoms with E-state index in [-0.39, 0.29) is 16.7 Å². The number of aryl methyl sites for hydroxylation is 1. The molecule has 5 nitrogen and oxygen atoms in total. The minimum atomic E-state index is -0.342. The maximum atomic E-state index is 11.2. The van der Waals surface area contributed by atoms with Gasteiger partial charge in [-0.25, -0.2) is 4.98 Å². The van der Waals surface area contributed by atoms with Crippen LogP contribution in [0.25, 0.3) is 0 Å². The van der Waals surface area contributed by atoms with Gasteiger partial charge in [0.2, 0.25) is 0 Å². The third-order valence-electron chi connectivity index (χ3n) is 3.27. The average Bonchev–Trinajstić information content (AvgIpc) is 2.88. The highest BCUT2D eigenvalue weighted by molar-refractivity contribution is 7.09. The summed E-state index contributed by atoms with van der Waals surface area (Å²) in [5, 5.41) is 17.5. The normalized spacial score (nSPS) is 12.4. The largest absolute Gasteiger partial charge is 0.371 e. The van der Waals surface area contributed by atoms with E-state index in [1.54, 1.807) is 30.4 Å². The highest BCUT2D eigenvalue weighted by Crippen LogP contribution is 2.31. The molecule has 0 aliphatic carbocycles. The van der Waals surface area contributed by atoms with Gasteiger partial charge >= 0.3 is 0 Å². The summed E-state index contributed by atoms with van der Waals surface area (Å²) in [5.74, 6) is 0.393. The second-order valence-corrected chi connectivity index (χ2v) is 6.25. The van der Waals surface area contributed by atoms with E-state index in [0.29, 0.717) is 17.2 Å². The number of thiazole rings is 1. The number of hydrogen-bond acceptors (Lipinski definition) is 5. The van der Waals surface area contributed by atoms with Crippen LogP contribution in [0.4, 0.5) is 11.4 Å².